The van der Waals surface area contributed by atoms with E-state index in [1.807, 2.05) is 0 Å². The third-order valence-electron chi connectivity index (χ3n) is 2.07. The highest BCUT2D eigenvalue weighted by Crippen LogP contribution is 2.25. The summed E-state index contributed by atoms with van der Waals surface area (Å²) in [6.07, 6.45) is -4.34. The number of aromatic amines is 1. The zero-order chi connectivity index (χ0) is 13.5. The number of alkyl halides is 3. The standard InChI is InChI=1S/C8H8F3N5OS/c1-3-4(12)5-13-6(18-2-8(9,10)11)14-7(17)16(5)15-3/h2,12H2,1H3,(H,13,14,17). The van der Waals surface area contributed by atoms with Crippen LogP contribution >= 0.6 is 11.8 Å². The molecule has 2 aromatic heterocycles. The molecule has 2 heterocycles. The van der Waals surface area contributed by atoms with E-state index in [2.05, 4.69) is 15.1 Å². The molecule has 10 heteroatoms. The normalized spacial score (nSPS) is 12.2. The monoisotopic (exact) mass is 279 g/mol. The number of H-pyrrole nitrogens is 1. The molecule has 0 aromatic carbocycles. The molecule has 0 aliphatic carbocycles. The Hall–Kier alpha value is -1.71. The molecule has 0 atom stereocenters. The van der Waals surface area contributed by atoms with Crippen molar-refractivity contribution in [2.75, 3.05) is 11.5 Å². The molecule has 0 aliphatic heterocycles. The first-order chi connectivity index (χ1) is 8.28. The lowest BCUT2D eigenvalue weighted by Crippen LogP contribution is -2.20. The van der Waals surface area contributed by atoms with Gasteiger partial charge in [-0.15, -0.1) is 0 Å². The Morgan fingerprint density at radius 3 is 2.78 bits per heavy atom. The van der Waals surface area contributed by atoms with E-state index < -0.39 is 17.6 Å². The highest BCUT2D eigenvalue weighted by molar-refractivity contribution is 7.99. The molecular weight excluding hydrogens is 271 g/mol. The van der Waals surface area contributed by atoms with Crippen molar-refractivity contribution in [2.45, 2.75) is 18.3 Å². The maximum Gasteiger partial charge on any atom is 0.398 e. The summed E-state index contributed by atoms with van der Waals surface area (Å²) in [7, 11) is 0. The van der Waals surface area contributed by atoms with Crippen molar-refractivity contribution in [3.8, 4) is 0 Å². The van der Waals surface area contributed by atoms with Gasteiger partial charge < -0.3 is 5.73 Å². The zero-order valence-electron chi connectivity index (χ0n) is 9.08. The molecule has 18 heavy (non-hydrogen) atoms. The Bertz CT molecular complexity index is 646. The van der Waals surface area contributed by atoms with Crippen molar-refractivity contribution >= 4 is 23.1 Å². The lowest BCUT2D eigenvalue weighted by molar-refractivity contribution is -0.105. The topological polar surface area (TPSA) is 89.1 Å². The lowest BCUT2D eigenvalue weighted by atomic mass is 10.4. The van der Waals surface area contributed by atoms with Gasteiger partial charge in [0.2, 0.25) is 0 Å². The second kappa shape index (κ2) is 4.19. The largest absolute Gasteiger partial charge is 0.398 e. The number of nitrogens with two attached hydrogens (primary N) is 1. The number of anilines is 1. The lowest BCUT2D eigenvalue weighted by Gasteiger charge is -2.04. The van der Waals surface area contributed by atoms with Gasteiger partial charge >= 0.3 is 11.9 Å². The molecule has 2 rings (SSSR count). The third-order valence-corrected chi connectivity index (χ3v) is 3.01. The number of aromatic nitrogens is 4. The summed E-state index contributed by atoms with van der Waals surface area (Å²) >= 11 is 0.386. The summed E-state index contributed by atoms with van der Waals surface area (Å²) < 4.78 is 37.1. The zero-order valence-corrected chi connectivity index (χ0v) is 9.89. The molecule has 0 spiro atoms. The van der Waals surface area contributed by atoms with Gasteiger partial charge in [0.15, 0.2) is 10.8 Å². The van der Waals surface area contributed by atoms with Crippen LogP contribution in [0.2, 0.25) is 0 Å². The Kier molecular flexibility index (Phi) is 2.97. The van der Waals surface area contributed by atoms with Gasteiger partial charge in [0.05, 0.1) is 11.4 Å². The van der Waals surface area contributed by atoms with Crippen LogP contribution in [0, 0.1) is 6.92 Å². The van der Waals surface area contributed by atoms with Crippen LogP contribution in [-0.2, 0) is 0 Å². The minimum Gasteiger partial charge on any atom is -0.394 e. The van der Waals surface area contributed by atoms with Gasteiger partial charge in [0.25, 0.3) is 0 Å². The van der Waals surface area contributed by atoms with E-state index in [-0.39, 0.29) is 16.5 Å². The third kappa shape index (κ3) is 2.42. The number of rotatable bonds is 2. The fraction of sp³-hybridized carbons (Fsp3) is 0.375. The molecular formula is C8H8F3N5OS. The van der Waals surface area contributed by atoms with Gasteiger partial charge in [-0.05, 0) is 6.92 Å². The first kappa shape index (κ1) is 12.7. The fourth-order valence-corrected chi connectivity index (χ4v) is 1.87. The van der Waals surface area contributed by atoms with Crippen molar-refractivity contribution < 1.29 is 13.2 Å². The van der Waals surface area contributed by atoms with Crippen molar-refractivity contribution in [3.63, 3.8) is 0 Å². The van der Waals surface area contributed by atoms with Crippen molar-refractivity contribution in [2.24, 2.45) is 0 Å². The quantitative estimate of drug-likeness (QED) is 0.799. The van der Waals surface area contributed by atoms with Crippen LogP contribution < -0.4 is 11.4 Å². The smallest absolute Gasteiger partial charge is 0.394 e. The average molecular weight is 279 g/mol. The highest BCUT2D eigenvalue weighted by atomic mass is 32.2. The van der Waals surface area contributed by atoms with Crippen LogP contribution in [0.25, 0.3) is 5.65 Å². The highest BCUT2D eigenvalue weighted by Gasteiger charge is 2.28. The van der Waals surface area contributed by atoms with Gasteiger partial charge in [0, 0.05) is 0 Å². The van der Waals surface area contributed by atoms with Gasteiger partial charge in [0.1, 0.15) is 5.69 Å². The summed E-state index contributed by atoms with van der Waals surface area (Å²) in [6, 6.07) is 0. The van der Waals surface area contributed by atoms with Gasteiger partial charge in [-0.1, -0.05) is 11.8 Å². The number of thioether (sulfide) groups is 1. The predicted octanol–water partition coefficient (Wildman–Crippen LogP) is 0.963. The number of hydrogen-bond acceptors (Lipinski definition) is 5. The summed E-state index contributed by atoms with van der Waals surface area (Å²) in [6.45, 7) is 1.58. The van der Waals surface area contributed by atoms with Crippen LogP contribution in [0.1, 0.15) is 5.69 Å². The molecule has 0 radical (unpaired) electrons. The van der Waals surface area contributed by atoms with E-state index in [1.54, 1.807) is 6.92 Å². The Morgan fingerprint density at radius 2 is 2.17 bits per heavy atom. The van der Waals surface area contributed by atoms with E-state index in [0.717, 1.165) is 4.52 Å². The van der Waals surface area contributed by atoms with E-state index in [4.69, 9.17) is 5.73 Å². The molecule has 3 N–H and O–H groups in total. The van der Waals surface area contributed by atoms with Crippen molar-refractivity contribution in [3.05, 3.63) is 16.2 Å². The molecule has 2 aromatic rings. The van der Waals surface area contributed by atoms with Gasteiger partial charge in [-0.3, -0.25) is 4.98 Å². The molecule has 98 valence electrons. The fourth-order valence-electron chi connectivity index (χ4n) is 1.26. The molecule has 0 fully saturated rings. The first-order valence-corrected chi connectivity index (χ1v) is 5.71. The van der Waals surface area contributed by atoms with Crippen molar-refractivity contribution in [1.29, 1.82) is 0 Å². The van der Waals surface area contributed by atoms with E-state index in [9.17, 15) is 18.0 Å². The number of nitrogen functional groups attached to an aromatic ring is 1. The number of aryl methyl sites for hydroxylation is 1. The SMILES string of the molecule is Cc1nn2c(=O)[nH]c(SCC(F)(F)F)nc2c1N. The number of nitrogens with zero attached hydrogens (tertiary/aromatic N) is 3. The predicted molar refractivity (Wildman–Crippen MR) is 59.5 cm³/mol. The maximum absolute atomic E-state index is 12.1. The second-order valence-electron chi connectivity index (χ2n) is 3.49. The minimum absolute atomic E-state index is 0.0564. The molecule has 0 aliphatic rings. The van der Waals surface area contributed by atoms with Gasteiger partial charge in [-0.25, -0.2) is 9.78 Å². The van der Waals surface area contributed by atoms with Crippen molar-refractivity contribution in [1.82, 2.24) is 19.6 Å². The van der Waals surface area contributed by atoms with Crippen LogP contribution in [-0.4, -0.2) is 31.5 Å². The molecule has 0 amide bonds. The second-order valence-corrected chi connectivity index (χ2v) is 4.45. The summed E-state index contributed by atoms with van der Waals surface area (Å²) in [5, 5.41) is 3.67. The molecule has 0 saturated heterocycles. The van der Waals surface area contributed by atoms with Crippen LogP contribution in [0.15, 0.2) is 9.95 Å². The van der Waals surface area contributed by atoms with E-state index in [1.165, 1.54) is 0 Å². The van der Waals surface area contributed by atoms with Gasteiger partial charge in [-0.2, -0.15) is 22.8 Å². The number of nitrogens with one attached hydrogen (secondary N) is 1. The summed E-state index contributed by atoms with van der Waals surface area (Å²) in [4.78, 5) is 17.6. The molecule has 0 saturated carbocycles. The minimum atomic E-state index is -4.34. The number of hydrogen-bond donors (Lipinski definition) is 2. The van der Waals surface area contributed by atoms with Crippen LogP contribution in [0.3, 0.4) is 0 Å². The number of halogens is 3. The van der Waals surface area contributed by atoms with E-state index >= 15 is 0 Å². The number of fused-ring (bicyclic) bond motifs is 1. The summed E-state index contributed by atoms with van der Waals surface area (Å²) in [5.74, 6) is -1.14. The van der Waals surface area contributed by atoms with Crippen LogP contribution in [0.5, 0.6) is 0 Å². The molecule has 0 bridgehead atoms. The Morgan fingerprint density at radius 1 is 1.50 bits per heavy atom. The Balaban J connectivity index is 2.42. The van der Waals surface area contributed by atoms with Crippen LogP contribution in [0.4, 0.5) is 18.9 Å². The first-order valence-electron chi connectivity index (χ1n) is 4.72. The molecule has 6 nitrogen and oxygen atoms in total. The van der Waals surface area contributed by atoms with E-state index in [0.29, 0.717) is 17.5 Å². The Labute approximate surface area is 102 Å². The maximum atomic E-state index is 12.1. The average Bonchev–Trinajstić information content (AvgIpc) is 2.53. The molecule has 0 unspecified atom stereocenters. The summed E-state index contributed by atoms with van der Waals surface area (Å²) in [5.41, 5.74) is 5.58.